The lowest BCUT2D eigenvalue weighted by molar-refractivity contribution is -0.139. The molecule has 2 rings (SSSR count). The Morgan fingerprint density at radius 2 is 1.69 bits per heavy atom. The Kier molecular flexibility index (Phi) is 8.95. The number of hydrogen-bond donors (Lipinski definition) is 1. The molecule has 0 spiro atoms. The third kappa shape index (κ3) is 6.85. The molecule has 0 aliphatic heterocycles. The van der Waals surface area contributed by atoms with Crippen LogP contribution < -0.4 is 9.62 Å². The standard InChI is InChI=1S/C22H27Cl2N3O4S/c1-5-25-22(29)16(3)26(13-17-8-11-19(23)20(24)12-17)21(28)14-27(32(4,30)31)18-9-6-15(2)7-10-18/h6-12,16H,5,13-14H2,1-4H3,(H,25,29)/t16-/m0/s1. The van der Waals surface area contributed by atoms with Crippen molar-refractivity contribution in [2.45, 2.75) is 33.4 Å². The van der Waals surface area contributed by atoms with E-state index in [4.69, 9.17) is 23.2 Å². The van der Waals surface area contributed by atoms with Crippen molar-refractivity contribution >= 4 is 50.7 Å². The fourth-order valence-electron chi connectivity index (χ4n) is 3.06. The number of carbonyl (C=O) groups is 2. The normalized spacial score (nSPS) is 12.2. The third-order valence-corrected chi connectivity index (χ3v) is 6.74. The Hall–Kier alpha value is -2.29. The number of nitrogens with zero attached hydrogens (tertiary/aromatic N) is 2. The van der Waals surface area contributed by atoms with Crippen molar-refractivity contribution in [2.75, 3.05) is 23.7 Å². The summed E-state index contributed by atoms with van der Waals surface area (Å²) < 4.78 is 26.0. The topological polar surface area (TPSA) is 86.8 Å². The van der Waals surface area contributed by atoms with E-state index in [1.165, 1.54) is 4.90 Å². The van der Waals surface area contributed by atoms with Crippen LogP contribution in [0.5, 0.6) is 0 Å². The van der Waals surface area contributed by atoms with Crippen molar-refractivity contribution in [3.63, 3.8) is 0 Å². The molecule has 0 fully saturated rings. The molecule has 0 unspecified atom stereocenters. The van der Waals surface area contributed by atoms with Crippen LogP contribution >= 0.6 is 23.2 Å². The average molecular weight is 500 g/mol. The first-order valence-corrected chi connectivity index (χ1v) is 12.6. The first-order chi connectivity index (χ1) is 14.9. The van der Waals surface area contributed by atoms with Crippen molar-refractivity contribution in [1.82, 2.24) is 10.2 Å². The third-order valence-electron chi connectivity index (χ3n) is 4.86. The lowest BCUT2D eigenvalue weighted by Gasteiger charge is -2.31. The summed E-state index contributed by atoms with van der Waals surface area (Å²) in [4.78, 5) is 27.2. The van der Waals surface area contributed by atoms with Crippen molar-refractivity contribution in [2.24, 2.45) is 0 Å². The molecule has 1 atom stereocenters. The summed E-state index contributed by atoms with van der Waals surface area (Å²) in [5.41, 5.74) is 1.98. The molecule has 2 amide bonds. The van der Waals surface area contributed by atoms with Crippen LogP contribution in [0.1, 0.15) is 25.0 Å². The van der Waals surface area contributed by atoms with Crippen LogP contribution in [0.25, 0.3) is 0 Å². The van der Waals surface area contributed by atoms with Crippen molar-refractivity contribution in [1.29, 1.82) is 0 Å². The van der Waals surface area contributed by atoms with Crippen LogP contribution in [0.4, 0.5) is 5.69 Å². The van der Waals surface area contributed by atoms with Gasteiger partial charge in [-0.3, -0.25) is 13.9 Å². The molecule has 0 saturated carbocycles. The van der Waals surface area contributed by atoms with E-state index >= 15 is 0 Å². The van der Waals surface area contributed by atoms with Crippen LogP contribution in [-0.4, -0.2) is 50.5 Å². The molecule has 1 N–H and O–H groups in total. The van der Waals surface area contributed by atoms with E-state index < -0.39 is 28.5 Å². The first kappa shape index (κ1) is 26.0. The van der Waals surface area contributed by atoms with Crippen LogP contribution in [0.15, 0.2) is 42.5 Å². The smallest absolute Gasteiger partial charge is 0.244 e. The van der Waals surface area contributed by atoms with Crippen LogP contribution in [0, 0.1) is 6.92 Å². The highest BCUT2D eigenvalue weighted by Gasteiger charge is 2.30. The maximum absolute atomic E-state index is 13.3. The predicted molar refractivity (Wildman–Crippen MR) is 129 cm³/mol. The molecule has 0 aromatic heterocycles. The number of rotatable bonds is 9. The summed E-state index contributed by atoms with van der Waals surface area (Å²) >= 11 is 12.1. The summed E-state index contributed by atoms with van der Waals surface area (Å²) in [5, 5.41) is 3.38. The molecule has 0 aliphatic rings. The molecule has 0 radical (unpaired) electrons. The Balaban J connectivity index is 2.39. The minimum atomic E-state index is -3.75. The number of benzene rings is 2. The number of hydrogen-bond acceptors (Lipinski definition) is 4. The molecule has 2 aromatic carbocycles. The Labute approximate surface area is 199 Å². The molecule has 0 bridgehead atoms. The minimum Gasteiger partial charge on any atom is -0.355 e. The second-order valence-corrected chi connectivity index (χ2v) is 10.2. The second kappa shape index (κ2) is 11.0. The monoisotopic (exact) mass is 499 g/mol. The van der Waals surface area contributed by atoms with E-state index in [1.54, 1.807) is 56.3 Å². The van der Waals surface area contributed by atoms with E-state index in [0.717, 1.165) is 16.1 Å². The van der Waals surface area contributed by atoms with E-state index in [9.17, 15) is 18.0 Å². The number of likely N-dealkylation sites (N-methyl/N-ethyl adjacent to an activating group) is 1. The molecule has 2 aromatic rings. The van der Waals surface area contributed by atoms with E-state index in [-0.39, 0.29) is 12.5 Å². The SMILES string of the molecule is CCNC(=O)[C@H](C)N(Cc1ccc(Cl)c(Cl)c1)C(=O)CN(c1ccc(C)cc1)S(C)(=O)=O. The number of nitrogens with one attached hydrogen (secondary N) is 1. The minimum absolute atomic E-state index is 0.0551. The van der Waals surface area contributed by atoms with Gasteiger partial charge in [-0.25, -0.2) is 8.42 Å². The number of sulfonamides is 1. The summed E-state index contributed by atoms with van der Waals surface area (Å²) in [6.45, 7) is 5.26. The molecule has 174 valence electrons. The van der Waals surface area contributed by atoms with Gasteiger partial charge in [-0.2, -0.15) is 0 Å². The summed E-state index contributed by atoms with van der Waals surface area (Å²) in [6, 6.07) is 10.9. The number of halogens is 2. The highest BCUT2D eigenvalue weighted by molar-refractivity contribution is 7.92. The summed E-state index contributed by atoms with van der Waals surface area (Å²) in [7, 11) is -3.75. The van der Waals surface area contributed by atoms with Crippen LogP contribution in [-0.2, 0) is 26.2 Å². The maximum Gasteiger partial charge on any atom is 0.244 e. The van der Waals surface area contributed by atoms with E-state index in [2.05, 4.69) is 5.32 Å². The van der Waals surface area contributed by atoms with Gasteiger partial charge < -0.3 is 10.2 Å². The van der Waals surface area contributed by atoms with Gasteiger partial charge in [0.2, 0.25) is 21.8 Å². The Morgan fingerprint density at radius 1 is 1.06 bits per heavy atom. The average Bonchev–Trinajstić information content (AvgIpc) is 2.72. The number of amides is 2. The maximum atomic E-state index is 13.3. The molecule has 0 aliphatic carbocycles. The largest absolute Gasteiger partial charge is 0.355 e. The van der Waals surface area contributed by atoms with Gasteiger partial charge in [0.05, 0.1) is 22.0 Å². The van der Waals surface area contributed by atoms with Gasteiger partial charge in [-0.1, -0.05) is 47.0 Å². The second-order valence-electron chi connectivity index (χ2n) is 7.45. The number of anilines is 1. The van der Waals surface area contributed by atoms with Gasteiger partial charge in [0, 0.05) is 13.1 Å². The number of aryl methyl sites for hydroxylation is 1. The molecular formula is C22H27Cl2N3O4S. The van der Waals surface area contributed by atoms with Crippen LogP contribution in [0.3, 0.4) is 0 Å². The number of carbonyl (C=O) groups excluding carboxylic acids is 2. The van der Waals surface area contributed by atoms with Gasteiger partial charge in [-0.05, 0) is 50.6 Å². The first-order valence-electron chi connectivity index (χ1n) is 9.99. The van der Waals surface area contributed by atoms with Gasteiger partial charge in [0.15, 0.2) is 0 Å². The van der Waals surface area contributed by atoms with Crippen LogP contribution in [0.2, 0.25) is 10.0 Å². The van der Waals surface area contributed by atoms with Crippen molar-refractivity contribution < 1.29 is 18.0 Å². The Bertz CT molecular complexity index is 1080. The van der Waals surface area contributed by atoms with Gasteiger partial charge >= 0.3 is 0 Å². The summed E-state index contributed by atoms with van der Waals surface area (Å²) in [5.74, 6) is -0.872. The molecular weight excluding hydrogens is 473 g/mol. The Morgan fingerprint density at radius 3 is 2.22 bits per heavy atom. The zero-order valence-electron chi connectivity index (χ0n) is 18.4. The highest BCUT2D eigenvalue weighted by atomic mass is 35.5. The molecule has 0 saturated heterocycles. The fraction of sp³-hybridized carbons (Fsp3) is 0.364. The van der Waals surface area contributed by atoms with Gasteiger partial charge in [-0.15, -0.1) is 0 Å². The van der Waals surface area contributed by atoms with E-state index in [1.807, 2.05) is 6.92 Å². The lowest BCUT2D eigenvalue weighted by atomic mass is 10.1. The quantitative estimate of drug-likeness (QED) is 0.570. The molecule has 32 heavy (non-hydrogen) atoms. The van der Waals surface area contributed by atoms with Crippen molar-refractivity contribution in [3.8, 4) is 0 Å². The van der Waals surface area contributed by atoms with Gasteiger partial charge in [0.25, 0.3) is 0 Å². The zero-order chi connectivity index (χ0) is 24.1. The predicted octanol–water partition coefficient (Wildman–Crippen LogP) is 3.62. The van der Waals surface area contributed by atoms with Crippen molar-refractivity contribution in [3.05, 3.63) is 63.6 Å². The molecule has 7 nitrogen and oxygen atoms in total. The fourth-order valence-corrected chi connectivity index (χ4v) is 4.23. The highest BCUT2D eigenvalue weighted by Crippen LogP contribution is 2.24. The lowest BCUT2D eigenvalue weighted by Crippen LogP contribution is -2.51. The summed E-state index contributed by atoms with van der Waals surface area (Å²) in [6.07, 6.45) is 1.04. The van der Waals surface area contributed by atoms with Gasteiger partial charge in [0.1, 0.15) is 12.6 Å². The molecule has 0 heterocycles. The zero-order valence-corrected chi connectivity index (χ0v) is 20.8. The molecule has 10 heteroatoms. The van der Waals surface area contributed by atoms with E-state index in [0.29, 0.717) is 27.8 Å².